The molecule has 3 unspecified atom stereocenters. The number of carbonyl (C=O) groups is 1. The fourth-order valence-electron chi connectivity index (χ4n) is 4.84. The number of esters is 1. The third-order valence-electron chi connectivity index (χ3n) is 7.95. The molecule has 0 fully saturated rings. The van der Waals surface area contributed by atoms with Gasteiger partial charge < -0.3 is 24.6 Å². The minimum absolute atomic E-state index is 0.00624. The maximum atomic E-state index is 12.6. The van der Waals surface area contributed by atoms with Gasteiger partial charge in [-0.3, -0.25) is 13.8 Å². The molecule has 0 aliphatic heterocycles. The van der Waals surface area contributed by atoms with Gasteiger partial charge in [-0.15, -0.1) is 0 Å². The molecule has 0 spiro atoms. The summed E-state index contributed by atoms with van der Waals surface area (Å²) in [5, 5.41) is 18.3. The predicted molar refractivity (Wildman–Crippen MR) is 232 cm³/mol. The normalized spacial score (nSPS) is 15.2. The van der Waals surface area contributed by atoms with Crippen molar-refractivity contribution in [1.29, 1.82) is 0 Å². The number of phosphoric ester groups is 1. The maximum absolute atomic E-state index is 12.6. The lowest BCUT2D eigenvalue weighted by molar-refractivity contribution is -0.154. The lowest BCUT2D eigenvalue weighted by Gasteiger charge is -2.20. The van der Waals surface area contributed by atoms with Crippen molar-refractivity contribution in [2.24, 2.45) is 0 Å². The topological polar surface area (TPSA) is 132 Å². The third-order valence-corrected chi connectivity index (χ3v) is 8.90. The molecule has 318 valence electrons. The van der Waals surface area contributed by atoms with Crippen molar-refractivity contribution in [1.82, 2.24) is 0 Å². The number of phosphoric acid groups is 1. The zero-order valence-electron chi connectivity index (χ0n) is 34.5. The highest BCUT2D eigenvalue weighted by molar-refractivity contribution is 7.47. The number of carbonyl (C=O) groups excluding carboxylic acids is 1. The van der Waals surface area contributed by atoms with Crippen molar-refractivity contribution in [3.8, 4) is 0 Å². The lowest BCUT2D eigenvalue weighted by Crippen LogP contribution is -2.29. The van der Waals surface area contributed by atoms with Gasteiger partial charge in [0.15, 0.2) is 0 Å². The summed E-state index contributed by atoms with van der Waals surface area (Å²) >= 11 is 0. The minimum atomic E-state index is -4.54. The first-order valence-corrected chi connectivity index (χ1v) is 22.4. The van der Waals surface area contributed by atoms with Crippen LogP contribution in [-0.4, -0.2) is 66.3 Å². The van der Waals surface area contributed by atoms with Crippen LogP contribution in [0, 0.1) is 0 Å². The Morgan fingerprint density at radius 1 is 0.554 bits per heavy atom. The standard InChI is InChI=1S/C46H75O9P/c1-3-5-7-9-11-13-15-17-18-19-20-21-22-23-24-25-27-29-31-33-35-37-39-52-42-45(43-54-56(50,51)53-41-44(48)40-47)55-46(49)38-36-34-32-30-28-26-16-14-12-10-8-6-4-2/h5-8,11-14,17-18,20-21,23-24,26-29,44-45,47-48H,3-4,9-10,15-16,19,22,25,30-43H2,1-2H3,(H,50,51)/b7-5-,8-6-,13-11-,14-12-,18-17-,21-20-,24-23-,28-26-,29-27-. The van der Waals surface area contributed by atoms with Crippen LogP contribution < -0.4 is 0 Å². The molecule has 0 radical (unpaired) electrons. The molecular weight excluding hydrogens is 727 g/mol. The van der Waals surface area contributed by atoms with E-state index in [0.717, 1.165) is 103 Å². The second-order valence-corrected chi connectivity index (χ2v) is 14.7. The number of hydrogen-bond donors (Lipinski definition) is 3. The fraction of sp³-hybridized carbons (Fsp3) is 0.587. The van der Waals surface area contributed by atoms with Crippen LogP contribution in [0.5, 0.6) is 0 Å². The summed E-state index contributed by atoms with van der Waals surface area (Å²) in [6.07, 6.45) is 53.4. The second kappa shape index (κ2) is 41.7. The van der Waals surface area contributed by atoms with Gasteiger partial charge >= 0.3 is 13.8 Å². The van der Waals surface area contributed by atoms with Crippen LogP contribution in [0.1, 0.15) is 129 Å². The largest absolute Gasteiger partial charge is 0.472 e. The highest BCUT2D eigenvalue weighted by atomic mass is 31.2. The van der Waals surface area contributed by atoms with E-state index in [0.29, 0.717) is 13.0 Å². The van der Waals surface area contributed by atoms with Gasteiger partial charge in [-0.1, -0.05) is 136 Å². The molecular formula is C46H75O9P. The Morgan fingerprint density at radius 2 is 0.964 bits per heavy atom. The minimum Gasteiger partial charge on any atom is -0.457 e. The quantitative estimate of drug-likeness (QED) is 0.0241. The number of ether oxygens (including phenoxy) is 2. The zero-order chi connectivity index (χ0) is 41.1. The van der Waals surface area contributed by atoms with Gasteiger partial charge in [-0.05, 0) is 96.3 Å². The average molecular weight is 803 g/mol. The molecule has 0 saturated carbocycles. The lowest BCUT2D eigenvalue weighted by atomic mass is 10.1. The molecule has 3 N–H and O–H groups in total. The predicted octanol–water partition coefficient (Wildman–Crippen LogP) is 11.5. The number of allylic oxidation sites excluding steroid dienone is 18. The van der Waals surface area contributed by atoms with Crippen LogP contribution >= 0.6 is 7.82 Å². The Kier molecular flexibility index (Phi) is 39.6. The van der Waals surface area contributed by atoms with Crippen molar-refractivity contribution in [3.63, 3.8) is 0 Å². The van der Waals surface area contributed by atoms with E-state index in [-0.39, 0.29) is 13.0 Å². The first-order valence-electron chi connectivity index (χ1n) is 20.9. The Balaban J connectivity index is 4.31. The van der Waals surface area contributed by atoms with Crippen LogP contribution in [0.2, 0.25) is 0 Å². The van der Waals surface area contributed by atoms with Gasteiger partial charge in [0.25, 0.3) is 0 Å². The van der Waals surface area contributed by atoms with E-state index in [2.05, 4.69) is 123 Å². The first-order chi connectivity index (χ1) is 27.3. The zero-order valence-corrected chi connectivity index (χ0v) is 35.4. The Labute approximate surface area is 340 Å². The van der Waals surface area contributed by atoms with Crippen LogP contribution in [0.3, 0.4) is 0 Å². The van der Waals surface area contributed by atoms with E-state index in [1.54, 1.807) is 0 Å². The highest BCUT2D eigenvalue weighted by Gasteiger charge is 2.26. The van der Waals surface area contributed by atoms with E-state index in [4.69, 9.17) is 23.6 Å². The molecule has 3 atom stereocenters. The van der Waals surface area contributed by atoms with Gasteiger partial charge in [0.05, 0.1) is 26.4 Å². The molecule has 0 aromatic heterocycles. The number of rotatable bonds is 38. The van der Waals surface area contributed by atoms with Gasteiger partial charge in [0.1, 0.15) is 12.2 Å². The molecule has 0 aliphatic rings. The summed E-state index contributed by atoms with van der Waals surface area (Å²) in [5.41, 5.74) is 0. The van der Waals surface area contributed by atoms with E-state index >= 15 is 0 Å². The van der Waals surface area contributed by atoms with Crippen molar-refractivity contribution < 1.29 is 43.0 Å². The number of aliphatic hydroxyl groups is 2. The molecule has 0 heterocycles. The molecule has 9 nitrogen and oxygen atoms in total. The monoisotopic (exact) mass is 803 g/mol. The molecule has 0 aliphatic carbocycles. The summed E-state index contributed by atoms with van der Waals surface area (Å²) in [7, 11) is -4.54. The van der Waals surface area contributed by atoms with Gasteiger partial charge in [0, 0.05) is 13.0 Å². The summed E-state index contributed by atoms with van der Waals surface area (Å²) in [4.78, 5) is 22.5. The van der Waals surface area contributed by atoms with E-state index in [1.807, 2.05) is 0 Å². The summed E-state index contributed by atoms with van der Waals surface area (Å²) in [5.74, 6) is -0.430. The Bertz CT molecular complexity index is 1230. The van der Waals surface area contributed by atoms with Crippen LogP contribution in [0.15, 0.2) is 109 Å². The van der Waals surface area contributed by atoms with E-state index in [1.165, 1.54) is 0 Å². The van der Waals surface area contributed by atoms with Crippen molar-refractivity contribution in [2.45, 2.75) is 142 Å². The molecule has 0 rings (SSSR count). The SMILES string of the molecule is CC/C=C\C/C=C\C/C=C\C/C=C\C/C=C\C/C=C\CCCCCOCC(COP(=O)(O)OCC(O)CO)OC(=O)CCCCC/C=C\C/C=C\C/C=C\CC. The molecule has 0 aromatic rings. The van der Waals surface area contributed by atoms with Gasteiger partial charge in [-0.25, -0.2) is 4.57 Å². The molecule has 10 heteroatoms. The second-order valence-electron chi connectivity index (χ2n) is 13.2. The molecule has 0 saturated heterocycles. The van der Waals surface area contributed by atoms with E-state index < -0.39 is 45.8 Å². The number of aliphatic hydroxyl groups excluding tert-OH is 2. The molecule has 0 bridgehead atoms. The summed E-state index contributed by atoms with van der Waals surface area (Å²) in [6, 6.07) is 0. The highest BCUT2D eigenvalue weighted by Crippen LogP contribution is 2.43. The number of unbranched alkanes of at least 4 members (excludes halogenated alkanes) is 6. The van der Waals surface area contributed by atoms with Crippen molar-refractivity contribution in [2.75, 3.05) is 33.0 Å². The van der Waals surface area contributed by atoms with E-state index in [9.17, 15) is 19.4 Å². The summed E-state index contributed by atoms with van der Waals surface area (Å²) < 4.78 is 33.2. The Hall–Kier alpha value is -2.88. The van der Waals surface area contributed by atoms with Crippen molar-refractivity contribution >= 4 is 13.8 Å². The molecule has 0 aromatic carbocycles. The van der Waals surface area contributed by atoms with Crippen molar-refractivity contribution in [3.05, 3.63) is 109 Å². The third kappa shape index (κ3) is 40.8. The van der Waals surface area contributed by atoms with Gasteiger partial charge in [0.2, 0.25) is 0 Å². The molecule has 0 amide bonds. The maximum Gasteiger partial charge on any atom is 0.472 e. The number of hydrogen-bond acceptors (Lipinski definition) is 8. The fourth-order valence-corrected chi connectivity index (χ4v) is 5.63. The smallest absolute Gasteiger partial charge is 0.457 e. The first kappa shape index (κ1) is 53.1. The van der Waals surface area contributed by atoms with Crippen LogP contribution in [0.4, 0.5) is 0 Å². The molecule has 56 heavy (non-hydrogen) atoms. The summed E-state index contributed by atoms with van der Waals surface area (Å²) in [6.45, 7) is 3.11. The van der Waals surface area contributed by atoms with Crippen LogP contribution in [-0.2, 0) is 27.9 Å². The average Bonchev–Trinajstić information content (AvgIpc) is 3.19. The van der Waals surface area contributed by atoms with Gasteiger partial charge in [-0.2, -0.15) is 0 Å². The Morgan fingerprint density at radius 3 is 1.41 bits per heavy atom. The van der Waals surface area contributed by atoms with Crippen LogP contribution in [0.25, 0.3) is 0 Å².